The van der Waals surface area contributed by atoms with E-state index in [0.29, 0.717) is 25.4 Å². The van der Waals surface area contributed by atoms with Crippen LogP contribution in [0, 0.1) is 0 Å². The lowest BCUT2D eigenvalue weighted by Crippen LogP contribution is -2.57. The molecule has 3 heterocycles. The summed E-state index contributed by atoms with van der Waals surface area (Å²) >= 11 is 0. The summed E-state index contributed by atoms with van der Waals surface area (Å²) < 4.78 is 9.01. The fraction of sp³-hybridized carbons (Fsp3) is 0.294. The van der Waals surface area contributed by atoms with Crippen LogP contribution in [0.4, 0.5) is 16.2 Å². The molecule has 7 nitrogen and oxygen atoms in total. The smallest absolute Gasteiger partial charge is 0.322 e. The third-order valence-electron chi connectivity index (χ3n) is 4.20. The van der Waals surface area contributed by atoms with Gasteiger partial charge in [0.1, 0.15) is 12.4 Å². The lowest BCUT2D eigenvalue weighted by molar-refractivity contribution is 0.133. The molecule has 1 saturated heterocycles. The molecule has 1 unspecified atom stereocenters. The van der Waals surface area contributed by atoms with Gasteiger partial charge in [-0.05, 0) is 41.1 Å². The van der Waals surface area contributed by atoms with Gasteiger partial charge in [0.25, 0.3) is 0 Å². The van der Waals surface area contributed by atoms with Gasteiger partial charge in [-0.2, -0.15) is 0 Å². The summed E-state index contributed by atoms with van der Waals surface area (Å²) in [4.78, 5) is 19.8. The zero-order valence-electron chi connectivity index (χ0n) is 14.0. The van der Waals surface area contributed by atoms with Gasteiger partial charge < -0.3 is 25.0 Å². The van der Waals surface area contributed by atoms with E-state index in [2.05, 4.69) is 20.3 Å². The minimum atomic E-state index is -0.102. The van der Waals surface area contributed by atoms with Gasteiger partial charge in [-0.3, -0.25) is 4.98 Å². The number of amides is 2. The molecule has 1 aromatic carbocycles. The Kier molecular flexibility index (Phi) is 5.37. The molecule has 1 atom stereocenters. The fourth-order valence-electron chi connectivity index (χ4n) is 2.86. The quantitative estimate of drug-likeness (QED) is 0.548. The summed E-state index contributed by atoms with van der Waals surface area (Å²) in [6.07, 6.45) is 3.38. The number of fused-ring (bicyclic) bond motifs is 1. The number of benzene rings is 1. The van der Waals surface area contributed by atoms with Crippen LogP contribution in [0.25, 0.3) is 0 Å². The van der Waals surface area contributed by atoms with E-state index in [4.69, 9.17) is 4.74 Å². The second-order valence-electron chi connectivity index (χ2n) is 5.96. The third kappa shape index (κ3) is 4.00. The topological polar surface area (TPSA) is 78.5 Å². The van der Waals surface area contributed by atoms with E-state index in [1.807, 2.05) is 35.2 Å². The number of anilines is 2. The van der Waals surface area contributed by atoms with Crippen molar-refractivity contribution in [1.82, 2.24) is 15.2 Å². The second-order valence-corrected chi connectivity index (χ2v) is 7.94. The summed E-state index contributed by atoms with van der Waals surface area (Å²) in [7, 11) is 3.23. The predicted molar refractivity (Wildman–Crippen MR) is 106 cm³/mol. The van der Waals surface area contributed by atoms with Gasteiger partial charge in [-0.15, -0.1) is 0 Å². The van der Waals surface area contributed by atoms with Gasteiger partial charge in [0.15, 0.2) is 0 Å². The van der Waals surface area contributed by atoms with Gasteiger partial charge in [-0.1, -0.05) is 0 Å². The van der Waals surface area contributed by atoms with Crippen LogP contribution in [-0.2, 0) is 0 Å². The van der Waals surface area contributed by atoms with E-state index in [1.165, 1.54) is 0 Å². The first kappa shape index (κ1) is 17.3. The number of hydrogen-bond donors (Lipinski definition) is 3. The molecule has 0 radical (unpaired) electrons. The van der Waals surface area contributed by atoms with Crippen molar-refractivity contribution in [3.05, 3.63) is 42.7 Å². The minimum absolute atomic E-state index is 0.0371. The Hall–Kier alpha value is -2.10. The maximum Gasteiger partial charge on any atom is 0.322 e. The van der Waals surface area contributed by atoms with Gasteiger partial charge in [-0.25, -0.2) is 4.79 Å². The lowest BCUT2D eigenvalue weighted by atomic mass is 10.2. The Morgan fingerprint density at radius 1 is 1.42 bits per heavy atom. The van der Waals surface area contributed by atoms with Crippen LogP contribution in [-0.4, -0.2) is 48.2 Å². The molecule has 0 saturated carbocycles. The summed E-state index contributed by atoms with van der Waals surface area (Å²) in [5, 5.41) is 6.33. The average molecular weight is 390 g/mol. The maximum absolute atomic E-state index is 12.8. The van der Waals surface area contributed by atoms with E-state index in [9.17, 15) is 4.79 Å². The number of nitrogens with one attached hydrogen (secondary N) is 3. The van der Waals surface area contributed by atoms with Crippen molar-refractivity contribution in [3.8, 4) is 5.75 Å². The highest BCUT2D eigenvalue weighted by molar-refractivity contribution is 8.77. The Morgan fingerprint density at radius 3 is 3.27 bits per heavy atom. The molecule has 4 rings (SSSR count). The Bertz CT molecular complexity index is 777. The van der Waals surface area contributed by atoms with Crippen LogP contribution >= 0.6 is 21.8 Å². The van der Waals surface area contributed by atoms with Gasteiger partial charge in [0.2, 0.25) is 0 Å². The SMILES string of the molecule is O=C(Nc1ccc2c(c1)SSN2)N1CCNCC1COc1cccnc1. The summed E-state index contributed by atoms with van der Waals surface area (Å²) in [5.41, 5.74) is 1.89. The summed E-state index contributed by atoms with van der Waals surface area (Å²) in [6.45, 7) is 2.54. The highest BCUT2D eigenvalue weighted by atomic mass is 33.1. The van der Waals surface area contributed by atoms with Crippen molar-refractivity contribution < 1.29 is 9.53 Å². The van der Waals surface area contributed by atoms with Crippen LogP contribution in [0.15, 0.2) is 47.6 Å². The molecular weight excluding hydrogens is 370 g/mol. The number of ether oxygens (including phenoxy) is 1. The number of hydrogen-bond acceptors (Lipinski definition) is 7. The highest BCUT2D eigenvalue weighted by Gasteiger charge is 2.27. The predicted octanol–water partition coefficient (Wildman–Crippen LogP) is 3.05. The molecule has 3 N–H and O–H groups in total. The molecule has 2 amide bonds. The number of carbonyl (C=O) groups is 1. The molecule has 0 aliphatic carbocycles. The fourth-order valence-corrected chi connectivity index (χ4v) is 4.79. The first-order valence-corrected chi connectivity index (χ1v) is 10.5. The number of rotatable bonds is 4. The van der Waals surface area contributed by atoms with Crippen molar-refractivity contribution in [1.29, 1.82) is 0 Å². The van der Waals surface area contributed by atoms with Crippen molar-refractivity contribution >= 4 is 39.2 Å². The Labute approximate surface area is 159 Å². The van der Waals surface area contributed by atoms with Crippen LogP contribution in [0.2, 0.25) is 0 Å². The standard InChI is InChI=1S/C17H19N5O2S2/c23-17(20-12-3-4-15-16(8-12)25-26-21-15)22-7-6-19-9-13(22)11-24-14-2-1-5-18-10-14/h1-5,8,10,13,19,21H,6-7,9,11H2,(H,20,23). The maximum atomic E-state index is 12.8. The van der Waals surface area contributed by atoms with Gasteiger partial charge in [0.05, 0.1) is 17.9 Å². The van der Waals surface area contributed by atoms with E-state index in [1.54, 1.807) is 34.2 Å². The molecule has 9 heteroatoms. The van der Waals surface area contributed by atoms with Crippen molar-refractivity contribution in [2.45, 2.75) is 10.9 Å². The zero-order chi connectivity index (χ0) is 17.8. The molecule has 136 valence electrons. The highest BCUT2D eigenvalue weighted by Crippen LogP contribution is 2.45. The third-order valence-corrected chi connectivity index (χ3v) is 6.15. The molecule has 2 aromatic rings. The number of aromatic nitrogens is 1. The lowest BCUT2D eigenvalue weighted by Gasteiger charge is -2.35. The molecule has 26 heavy (non-hydrogen) atoms. The number of pyridine rings is 1. The van der Waals surface area contributed by atoms with Crippen molar-refractivity contribution in [2.24, 2.45) is 0 Å². The van der Waals surface area contributed by atoms with Crippen LogP contribution < -0.4 is 20.1 Å². The number of piperazine rings is 1. The largest absolute Gasteiger partial charge is 0.490 e. The Balaban J connectivity index is 1.39. The Morgan fingerprint density at radius 2 is 2.38 bits per heavy atom. The summed E-state index contributed by atoms with van der Waals surface area (Å²) in [5.74, 6) is 0.707. The zero-order valence-corrected chi connectivity index (χ0v) is 15.6. The average Bonchev–Trinajstić information content (AvgIpc) is 3.15. The first-order valence-electron chi connectivity index (χ1n) is 8.34. The van der Waals surface area contributed by atoms with Crippen LogP contribution in [0.5, 0.6) is 5.75 Å². The molecule has 0 spiro atoms. The number of carbonyl (C=O) groups excluding carboxylic acids is 1. The number of urea groups is 1. The van der Waals surface area contributed by atoms with Gasteiger partial charge in [0, 0.05) is 47.4 Å². The van der Waals surface area contributed by atoms with E-state index in [0.717, 1.165) is 22.8 Å². The van der Waals surface area contributed by atoms with Crippen LogP contribution in [0.1, 0.15) is 0 Å². The van der Waals surface area contributed by atoms with Crippen LogP contribution in [0.3, 0.4) is 0 Å². The second kappa shape index (κ2) is 8.07. The minimum Gasteiger partial charge on any atom is -0.490 e. The van der Waals surface area contributed by atoms with E-state index in [-0.39, 0.29) is 12.1 Å². The van der Waals surface area contributed by atoms with E-state index >= 15 is 0 Å². The molecule has 0 bridgehead atoms. The molecule has 1 aromatic heterocycles. The van der Waals surface area contributed by atoms with E-state index < -0.39 is 0 Å². The normalized spacial score (nSPS) is 18.8. The first-order chi connectivity index (χ1) is 12.8. The molecule has 2 aliphatic rings. The van der Waals surface area contributed by atoms with Crippen molar-refractivity contribution in [3.63, 3.8) is 0 Å². The monoisotopic (exact) mass is 389 g/mol. The molecular formula is C17H19N5O2S2. The summed E-state index contributed by atoms with van der Waals surface area (Å²) in [6, 6.07) is 9.45. The van der Waals surface area contributed by atoms with Gasteiger partial charge >= 0.3 is 6.03 Å². The van der Waals surface area contributed by atoms with Crippen molar-refractivity contribution in [2.75, 3.05) is 36.3 Å². The molecule has 1 fully saturated rings. The molecule has 2 aliphatic heterocycles. The number of nitrogens with zero attached hydrogens (tertiary/aromatic N) is 2.